The SMILES string of the molecule is Cc1cccc(C)c1OCC(C)N.NC(=O)C[C@H](N)C(=O)O. The quantitative estimate of drug-likeness (QED) is 0.595. The zero-order valence-electron chi connectivity index (χ0n) is 13.2. The maximum atomic E-state index is 9.99. The van der Waals surface area contributed by atoms with Gasteiger partial charge in [-0.1, -0.05) is 18.2 Å². The highest BCUT2D eigenvalue weighted by molar-refractivity contribution is 5.83. The number of para-hydroxylation sites is 1. The van der Waals surface area contributed by atoms with Crippen molar-refractivity contribution in [1.82, 2.24) is 0 Å². The minimum absolute atomic E-state index is 0.0824. The van der Waals surface area contributed by atoms with E-state index in [-0.39, 0.29) is 12.5 Å². The van der Waals surface area contributed by atoms with Gasteiger partial charge in [0.15, 0.2) is 0 Å². The molecule has 22 heavy (non-hydrogen) atoms. The number of hydrogen-bond acceptors (Lipinski definition) is 5. The third-order valence-electron chi connectivity index (χ3n) is 2.64. The van der Waals surface area contributed by atoms with Gasteiger partial charge in [-0.15, -0.1) is 0 Å². The molecular weight excluding hydrogens is 286 g/mol. The van der Waals surface area contributed by atoms with Crippen molar-refractivity contribution in [2.75, 3.05) is 6.61 Å². The van der Waals surface area contributed by atoms with E-state index >= 15 is 0 Å². The van der Waals surface area contributed by atoms with Crippen LogP contribution in [0.15, 0.2) is 18.2 Å². The van der Waals surface area contributed by atoms with E-state index in [4.69, 9.17) is 21.3 Å². The maximum absolute atomic E-state index is 9.99. The molecule has 0 aliphatic rings. The normalized spacial score (nSPS) is 12.6. The third kappa shape index (κ3) is 8.23. The average molecular weight is 311 g/mol. The van der Waals surface area contributed by atoms with Gasteiger partial charge in [0, 0.05) is 6.04 Å². The number of aliphatic carboxylic acids is 1. The first kappa shape index (κ1) is 19.9. The van der Waals surface area contributed by atoms with Crippen molar-refractivity contribution < 1.29 is 19.4 Å². The van der Waals surface area contributed by atoms with Gasteiger partial charge in [0.1, 0.15) is 18.4 Å². The van der Waals surface area contributed by atoms with Gasteiger partial charge in [0.05, 0.1) is 6.42 Å². The van der Waals surface area contributed by atoms with Gasteiger partial charge in [-0.05, 0) is 31.9 Å². The molecule has 1 aromatic rings. The molecule has 0 saturated carbocycles. The Morgan fingerprint density at radius 2 is 1.73 bits per heavy atom. The molecule has 1 rings (SSSR count). The number of hydrogen-bond donors (Lipinski definition) is 4. The van der Waals surface area contributed by atoms with E-state index < -0.39 is 17.9 Å². The van der Waals surface area contributed by atoms with Gasteiger partial charge in [-0.25, -0.2) is 0 Å². The number of primary amides is 1. The number of carboxylic acids is 1. The molecule has 0 saturated heterocycles. The molecule has 1 amide bonds. The lowest BCUT2D eigenvalue weighted by Crippen LogP contribution is -2.34. The number of benzene rings is 1. The van der Waals surface area contributed by atoms with Crippen LogP contribution in [0.2, 0.25) is 0 Å². The zero-order chi connectivity index (χ0) is 17.3. The van der Waals surface area contributed by atoms with E-state index in [1.165, 1.54) is 11.1 Å². The number of amides is 1. The smallest absolute Gasteiger partial charge is 0.321 e. The highest BCUT2D eigenvalue weighted by atomic mass is 16.5. The Kier molecular flexibility index (Phi) is 8.81. The lowest BCUT2D eigenvalue weighted by Gasteiger charge is -2.13. The van der Waals surface area contributed by atoms with Crippen LogP contribution >= 0.6 is 0 Å². The van der Waals surface area contributed by atoms with Crippen molar-refractivity contribution in [1.29, 1.82) is 0 Å². The number of carbonyl (C=O) groups excluding carboxylic acids is 1. The highest BCUT2D eigenvalue weighted by Crippen LogP contribution is 2.22. The third-order valence-corrected chi connectivity index (χ3v) is 2.64. The van der Waals surface area contributed by atoms with E-state index in [1.54, 1.807) is 0 Å². The molecular formula is C15H25N3O4. The first-order valence-electron chi connectivity index (χ1n) is 6.86. The van der Waals surface area contributed by atoms with E-state index in [1.807, 2.05) is 39.0 Å². The second kappa shape index (κ2) is 9.75. The predicted molar refractivity (Wildman–Crippen MR) is 84.5 cm³/mol. The van der Waals surface area contributed by atoms with Crippen molar-refractivity contribution in [3.63, 3.8) is 0 Å². The van der Waals surface area contributed by atoms with Crippen molar-refractivity contribution >= 4 is 11.9 Å². The van der Waals surface area contributed by atoms with Crippen LogP contribution < -0.4 is 21.9 Å². The number of nitrogens with two attached hydrogens (primary N) is 3. The fourth-order valence-electron chi connectivity index (χ4n) is 1.55. The first-order chi connectivity index (χ1) is 10.1. The fourth-order valence-corrected chi connectivity index (χ4v) is 1.55. The zero-order valence-corrected chi connectivity index (χ0v) is 13.2. The molecule has 7 N–H and O–H groups in total. The topological polar surface area (TPSA) is 142 Å². The summed E-state index contributed by atoms with van der Waals surface area (Å²) in [7, 11) is 0. The Morgan fingerprint density at radius 1 is 1.23 bits per heavy atom. The number of rotatable bonds is 6. The lowest BCUT2D eigenvalue weighted by atomic mass is 10.1. The van der Waals surface area contributed by atoms with Crippen LogP contribution in [-0.2, 0) is 9.59 Å². The van der Waals surface area contributed by atoms with E-state index in [2.05, 4.69) is 5.73 Å². The standard InChI is InChI=1S/C11H17NO.C4H8N2O3/c1-8-5-4-6-9(2)11(8)13-7-10(3)12;5-2(4(8)9)1-3(6)7/h4-6,10H,7,12H2,1-3H3;2H,1,5H2,(H2,6,7)(H,8,9)/t;2-/m.0/s1. The van der Waals surface area contributed by atoms with Crippen molar-refractivity contribution in [3.8, 4) is 5.75 Å². The summed E-state index contributed by atoms with van der Waals surface area (Å²) < 4.78 is 5.60. The molecule has 0 radical (unpaired) electrons. The Bertz CT molecular complexity index is 483. The van der Waals surface area contributed by atoms with Crippen molar-refractivity contribution in [2.24, 2.45) is 17.2 Å². The average Bonchev–Trinajstić information content (AvgIpc) is 2.37. The van der Waals surface area contributed by atoms with Crippen LogP contribution in [-0.4, -0.2) is 35.7 Å². The van der Waals surface area contributed by atoms with Gasteiger partial charge in [0.25, 0.3) is 0 Å². The minimum atomic E-state index is -1.21. The fraction of sp³-hybridized carbons (Fsp3) is 0.467. The summed E-state index contributed by atoms with van der Waals surface area (Å²) in [6, 6.07) is 5.04. The monoisotopic (exact) mass is 311 g/mol. The Labute approximate surface area is 130 Å². The summed E-state index contributed by atoms with van der Waals surface area (Å²) in [5, 5.41) is 8.10. The summed E-state index contributed by atoms with van der Waals surface area (Å²) >= 11 is 0. The van der Waals surface area contributed by atoms with Crippen LogP contribution in [0.1, 0.15) is 24.5 Å². The molecule has 0 aliphatic heterocycles. The van der Waals surface area contributed by atoms with E-state index in [0.29, 0.717) is 6.61 Å². The van der Waals surface area contributed by atoms with E-state index in [9.17, 15) is 9.59 Å². The van der Waals surface area contributed by atoms with Crippen molar-refractivity contribution in [2.45, 2.75) is 39.3 Å². The van der Waals surface area contributed by atoms with Crippen molar-refractivity contribution in [3.05, 3.63) is 29.3 Å². The lowest BCUT2D eigenvalue weighted by molar-refractivity contribution is -0.140. The summed E-state index contributed by atoms with van der Waals surface area (Å²) in [5.41, 5.74) is 17.5. The molecule has 0 fully saturated rings. The molecule has 0 spiro atoms. The van der Waals surface area contributed by atoms with Gasteiger partial charge in [-0.3, -0.25) is 9.59 Å². The Hall–Kier alpha value is -2.12. The maximum Gasteiger partial charge on any atom is 0.321 e. The molecule has 1 unspecified atom stereocenters. The summed E-state index contributed by atoms with van der Waals surface area (Å²) in [6.07, 6.45) is -0.310. The second-order valence-electron chi connectivity index (χ2n) is 5.12. The predicted octanol–water partition coefficient (Wildman–Crippen LogP) is 0.303. The molecule has 0 aromatic heterocycles. The van der Waals surface area contributed by atoms with Gasteiger partial charge < -0.3 is 27.0 Å². The summed E-state index contributed by atoms with van der Waals surface area (Å²) in [5.74, 6) is -0.946. The minimum Gasteiger partial charge on any atom is -0.491 e. The molecule has 7 nitrogen and oxygen atoms in total. The number of carboxylic acid groups (broad SMARTS) is 1. The second-order valence-corrected chi connectivity index (χ2v) is 5.12. The molecule has 0 aliphatic carbocycles. The Morgan fingerprint density at radius 3 is 2.05 bits per heavy atom. The van der Waals surface area contributed by atoms with Gasteiger partial charge >= 0.3 is 5.97 Å². The molecule has 124 valence electrons. The number of ether oxygens (including phenoxy) is 1. The molecule has 7 heteroatoms. The highest BCUT2D eigenvalue weighted by Gasteiger charge is 2.13. The van der Waals surface area contributed by atoms with Crippen LogP contribution in [0.4, 0.5) is 0 Å². The van der Waals surface area contributed by atoms with E-state index in [0.717, 1.165) is 5.75 Å². The Balaban J connectivity index is 0.000000433. The molecule has 2 atom stereocenters. The molecule has 0 heterocycles. The van der Waals surface area contributed by atoms with Gasteiger partial charge in [-0.2, -0.15) is 0 Å². The van der Waals surface area contributed by atoms with Crippen LogP contribution in [0.3, 0.4) is 0 Å². The summed E-state index contributed by atoms with van der Waals surface area (Å²) in [6.45, 7) is 6.60. The van der Waals surface area contributed by atoms with Crippen LogP contribution in [0.5, 0.6) is 5.75 Å². The van der Waals surface area contributed by atoms with Gasteiger partial charge in [0.2, 0.25) is 5.91 Å². The summed E-state index contributed by atoms with van der Waals surface area (Å²) in [4.78, 5) is 19.9. The molecule has 0 bridgehead atoms. The number of aryl methyl sites for hydroxylation is 2. The first-order valence-corrected chi connectivity index (χ1v) is 6.86. The molecule has 1 aromatic carbocycles. The van der Waals surface area contributed by atoms with Crippen LogP contribution in [0.25, 0.3) is 0 Å². The largest absolute Gasteiger partial charge is 0.491 e. The number of carbonyl (C=O) groups is 2. The van der Waals surface area contributed by atoms with Crippen LogP contribution in [0, 0.1) is 13.8 Å².